The van der Waals surface area contributed by atoms with E-state index in [2.05, 4.69) is 26.5 Å². The quantitative estimate of drug-likeness (QED) is 0.715. The number of carbonyl (C=O) groups excluding carboxylic acids is 1. The number of rotatable bonds is 7. The van der Waals surface area contributed by atoms with Crippen LogP contribution in [0, 0.1) is 6.92 Å². The normalized spacial score (nSPS) is 13.8. The summed E-state index contributed by atoms with van der Waals surface area (Å²) >= 11 is 4.88. The van der Waals surface area contributed by atoms with Crippen LogP contribution in [-0.4, -0.2) is 38.6 Å². The molecule has 0 saturated carbocycles. The highest BCUT2D eigenvalue weighted by molar-refractivity contribution is 7.99. The predicted molar refractivity (Wildman–Crippen MR) is 104 cm³/mol. The minimum Gasteiger partial charge on any atom is -0.337 e. The van der Waals surface area contributed by atoms with E-state index in [4.69, 9.17) is 0 Å². The van der Waals surface area contributed by atoms with Gasteiger partial charge in [0.1, 0.15) is 0 Å². The first-order valence-electron chi connectivity index (χ1n) is 8.11. The van der Waals surface area contributed by atoms with Gasteiger partial charge in [-0.2, -0.15) is 11.8 Å². The Balaban J connectivity index is 1.51. The topological polar surface area (TPSA) is 70.7 Å². The van der Waals surface area contributed by atoms with Crippen LogP contribution in [0.25, 0.3) is 0 Å². The van der Waals surface area contributed by atoms with E-state index in [9.17, 15) is 4.79 Å². The van der Waals surface area contributed by atoms with Gasteiger partial charge < -0.3 is 10.3 Å². The SMILES string of the molecule is CSCCc1nc(SCC(=O)Nc2nc3c(s2)CCCC3)[nH]c1C. The fourth-order valence-electron chi connectivity index (χ4n) is 2.67. The third-order valence-electron chi connectivity index (χ3n) is 3.94. The van der Waals surface area contributed by atoms with Crippen LogP contribution >= 0.6 is 34.9 Å². The standard InChI is InChI=1S/C16H22N4OS3/c1-10-11(7-8-22-2)18-15(17-10)23-9-14(21)20-16-19-12-5-3-4-6-13(12)24-16/h3-9H2,1-2H3,(H,17,18)(H,19,20,21). The first-order valence-corrected chi connectivity index (χ1v) is 11.3. The number of aromatic amines is 1. The van der Waals surface area contributed by atoms with Gasteiger partial charge in [-0.3, -0.25) is 4.79 Å². The zero-order valence-corrected chi connectivity index (χ0v) is 16.4. The molecule has 1 aliphatic carbocycles. The van der Waals surface area contributed by atoms with Gasteiger partial charge in [0, 0.05) is 17.0 Å². The summed E-state index contributed by atoms with van der Waals surface area (Å²) in [6, 6.07) is 0. The van der Waals surface area contributed by atoms with Crippen molar-refractivity contribution in [3.8, 4) is 0 Å². The third kappa shape index (κ3) is 4.55. The summed E-state index contributed by atoms with van der Waals surface area (Å²) in [4.78, 5) is 25.9. The number of thioether (sulfide) groups is 2. The lowest BCUT2D eigenvalue weighted by Crippen LogP contribution is -2.14. The molecule has 5 nitrogen and oxygen atoms in total. The van der Waals surface area contributed by atoms with Crippen molar-refractivity contribution < 1.29 is 4.79 Å². The van der Waals surface area contributed by atoms with Crippen LogP contribution in [0.15, 0.2) is 5.16 Å². The number of hydrogen-bond donors (Lipinski definition) is 2. The molecular weight excluding hydrogens is 360 g/mol. The Morgan fingerprint density at radius 1 is 1.33 bits per heavy atom. The number of H-pyrrole nitrogens is 1. The van der Waals surface area contributed by atoms with Gasteiger partial charge in [-0.05, 0) is 44.6 Å². The van der Waals surface area contributed by atoms with Crippen LogP contribution in [0.2, 0.25) is 0 Å². The van der Waals surface area contributed by atoms with Gasteiger partial charge in [0.05, 0.1) is 17.1 Å². The largest absolute Gasteiger partial charge is 0.337 e. The van der Waals surface area contributed by atoms with Gasteiger partial charge in [0.25, 0.3) is 0 Å². The predicted octanol–water partition coefficient (Wildman–Crippen LogP) is 3.69. The molecular formula is C16H22N4OS3. The lowest BCUT2D eigenvalue weighted by Gasteiger charge is -2.06. The molecule has 8 heteroatoms. The zero-order chi connectivity index (χ0) is 16.9. The molecule has 0 aliphatic heterocycles. The maximum Gasteiger partial charge on any atom is 0.236 e. The van der Waals surface area contributed by atoms with Crippen molar-refractivity contribution >= 4 is 45.9 Å². The van der Waals surface area contributed by atoms with Crippen molar-refractivity contribution in [1.82, 2.24) is 15.0 Å². The second-order valence-corrected chi connectivity index (χ2v) is 8.82. The van der Waals surface area contributed by atoms with E-state index in [0.29, 0.717) is 5.75 Å². The number of aryl methyl sites for hydroxylation is 4. The summed E-state index contributed by atoms with van der Waals surface area (Å²) in [7, 11) is 0. The molecule has 24 heavy (non-hydrogen) atoms. The van der Waals surface area contributed by atoms with Gasteiger partial charge in [0.15, 0.2) is 10.3 Å². The molecule has 0 radical (unpaired) electrons. The molecule has 3 rings (SSSR count). The minimum absolute atomic E-state index is 0.0224. The van der Waals surface area contributed by atoms with Crippen molar-refractivity contribution in [3.63, 3.8) is 0 Å². The lowest BCUT2D eigenvalue weighted by molar-refractivity contribution is -0.113. The lowest BCUT2D eigenvalue weighted by atomic mass is 10.0. The molecule has 0 saturated heterocycles. The second kappa shape index (κ2) is 8.40. The maximum absolute atomic E-state index is 12.2. The number of aromatic nitrogens is 3. The van der Waals surface area contributed by atoms with Crippen LogP contribution in [0.1, 0.15) is 34.8 Å². The van der Waals surface area contributed by atoms with E-state index >= 15 is 0 Å². The summed E-state index contributed by atoms with van der Waals surface area (Å²) in [5.74, 6) is 1.38. The highest BCUT2D eigenvalue weighted by atomic mass is 32.2. The van der Waals surface area contributed by atoms with Gasteiger partial charge in [-0.1, -0.05) is 11.8 Å². The molecule has 0 aromatic carbocycles. The molecule has 0 unspecified atom stereocenters. The molecule has 0 fully saturated rings. The first-order chi connectivity index (χ1) is 11.7. The van der Waals surface area contributed by atoms with Crippen LogP contribution in [0.3, 0.4) is 0 Å². The van der Waals surface area contributed by atoms with Crippen molar-refractivity contribution in [2.45, 2.75) is 44.2 Å². The molecule has 1 aliphatic rings. The Morgan fingerprint density at radius 2 is 2.17 bits per heavy atom. The summed E-state index contributed by atoms with van der Waals surface area (Å²) < 4.78 is 0. The highest BCUT2D eigenvalue weighted by Gasteiger charge is 2.16. The maximum atomic E-state index is 12.2. The van der Waals surface area contributed by atoms with Gasteiger partial charge in [0.2, 0.25) is 5.91 Å². The number of amides is 1. The van der Waals surface area contributed by atoms with E-state index in [1.54, 1.807) is 11.3 Å². The molecule has 0 bridgehead atoms. The molecule has 2 N–H and O–H groups in total. The van der Waals surface area contributed by atoms with Gasteiger partial charge in [-0.15, -0.1) is 11.3 Å². The van der Waals surface area contributed by atoms with Crippen LogP contribution in [0.5, 0.6) is 0 Å². The average molecular weight is 383 g/mol. The number of fused-ring (bicyclic) bond motifs is 1. The fraction of sp³-hybridized carbons (Fsp3) is 0.562. The zero-order valence-electron chi connectivity index (χ0n) is 14.0. The number of thiazole rings is 1. The molecule has 1 amide bonds. The van der Waals surface area contributed by atoms with E-state index in [-0.39, 0.29) is 5.91 Å². The number of nitrogens with one attached hydrogen (secondary N) is 2. The van der Waals surface area contributed by atoms with E-state index in [1.807, 2.05) is 18.7 Å². The van der Waals surface area contributed by atoms with Crippen LogP contribution < -0.4 is 5.32 Å². The number of hydrogen-bond acceptors (Lipinski definition) is 6. The number of imidazole rings is 1. The van der Waals surface area contributed by atoms with Crippen LogP contribution in [-0.2, 0) is 24.1 Å². The number of anilines is 1. The fourth-order valence-corrected chi connectivity index (χ4v) is 4.88. The summed E-state index contributed by atoms with van der Waals surface area (Å²) in [5.41, 5.74) is 3.37. The molecule has 2 aromatic heterocycles. The Kier molecular flexibility index (Phi) is 6.24. The second-order valence-electron chi connectivity index (χ2n) is 5.79. The Hall–Kier alpha value is -0.990. The smallest absolute Gasteiger partial charge is 0.236 e. The molecule has 130 valence electrons. The van der Waals surface area contributed by atoms with Crippen molar-refractivity contribution in [2.75, 3.05) is 23.1 Å². The number of nitrogens with zero attached hydrogens (tertiary/aromatic N) is 2. The van der Waals surface area contributed by atoms with E-state index in [0.717, 1.165) is 46.7 Å². The summed E-state index contributed by atoms with van der Waals surface area (Å²) in [5, 5.41) is 4.48. The monoisotopic (exact) mass is 382 g/mol. The summed E-state index contributed by atoms with van der Waals surface area (Å²) in [6.07, 6.45) is 7.63. The third-order valence-corrected chi connectivity index (χ3v) is 6.50. The van der Waals surface area contributed by atoms with Crippen molar-refractivity contribution in [3.05, 3.63) is 22.0 Å². The molecule has 0 spiro atoms. The molecule has 2 heterocycles. The van der Waals surface area contributed by atoms with Crippen molar-refractivity contribution in [1.29, 1.82) is 0 Å². The minimum atomic E-state index is -0.0224. The number of carbonyl (C=O) groups is 1. The van der Waals surface area contributed by atoms with Crippen LogP contribution in [0.4, 0.5) is 5.13 Å². The Bertz CT molecular complexity index is 687. The first kappa shape index (κ1) is 17.8. The van der Waals surface area contributed by atoms with E-state index in [1.165, 1.54) is 35.2 Å². The molecule has 0 atom stereocenters. The van der Waals surface area contributed by atoms with Gasteiger partial charge in [-0.25, -0.2) is 9.97 Å². The Morgan fingerprint density at radius 3 is 2.96 bits per heavy atom. The average Bonchev–Trinajstić information content (AvgIpc) is 3.13. The Labute approximate surface area is 154 Å². The van der Waals surface area contributed by atoms with Crippen molar-refractivity contribution in [2.24, 2.45) is 0 Å². The van der Waals surface area contributed by atoms with E-state index < -0.39 is 0 Å². The highest BCUT2D eigenvalue weighted by Crippen LogP contribution is 2.29. The van der Waals surface area contributed by atoms with Gasteiger partial charge >= 0.3 is 0 Å². The molecule has 2 aromatic rings. The summed E-state index contributed by atoms with van der Waals surface area (Å²) in [6.45, 7) is 2.03.